The van der Waals surface area contributed by atoms with Crippen LogP contribution in [0.2, 0.25) is 0 Å². The van der Waals surface area contributed by atoms with Crippen molar-refractivity contribution in [2.75, 3.05) is 7.11 Å². The molecule has 0 saturated heterocycles. The topological polar surface area (TPSA) is 64.6 Å². The number of hydrogen-bond donors (Lipinski definition) is 1. The van der Waals surface area contributed by atoms with Gasteiger partial charge in [-0.05, 0) is 40.0 Å². The molecule has 0 aromatic heterocycles. The van der Waals surface area contributed by atoms with Crippen molar-refractivity contribution in [2.45, 2.75) is 51.2 Å². The summed E-state index contributed by atoms with van der Waals surface area (Å²) in [5.41, 5.74) is -1.05. The van der Waals surface area contributed by atoms with Gasteiger partial charge in [0, 0.05) is 5.54 Å². The predicted molar refractivity (Wildman–Crippen MR) is 60.4 cm³/mol. The fourth-order valence-electron chi connectivity index (χ4n) is 2.87. The molecule has 0 atom stereocenters. The van der Waals surface area contributed by atoms with E-state index in [1.807, 2.05) is 20.8 Å². The number of hydrogen-bond acceptors (Lipinski definition) is 4. The second kappa shape index (κ2) is 3.37. The van der Waals surface area contributed by atoms with Crippen LogP contribution in [0.5, 0.6) is 0 Å². The maximum atomic E-state index is 11.6. The number of carbonyl (C=O) groups is 2. The number of methoxy groups -OCH3 is 1. The number of nitrogens with one attached hydrogen (secondary N) is 1. The van der Waals surface area contributed by atoms with Gasteiger partial charge in [-0.3, -0.25) is 4.79 Å². The molecule has 0 spiro atoms. The fourth-order valence-corrected chi connectivity index (χ4v) is 2.87. The van der Waals surface area contributed by atoms with Gasteiger partial charge in [-0.2, -0.15) is 0 Å². The average molecular weight is 241 g/mol. The number of rotatable bonds is 2. The molecular formula is C12H19NO4. The number of amides is 1. The van der Waals surface area contributed by atoms with Crippen LogP contribution < -0.4 is 5.32 Å². The Labute approximate surface area is 101 Å². The summed E-state index contributed by atoms with van der Waals surface area (Å²) < 4.78 is 9.93. The second-order valence-electron chi connectivity index (χ2n) is 6.21. The molecule has 3 rings (SSSR count). The molecule has 5 nitrogen and oxygen atoms in total. The summed E-state index contributed by atoms with van der Waals surface area (Å²) in [6, 6.07) is 0. The van der Waals surface area contributed by atoms with Gasteiger partial charge in [0.25, 0.3) is 0 Å². The zero-order chi connectivity index (χ0) is 12.9. The Hall–Kier alpha value is -1.26. The largest absolute Gasteiger partial charge is 0.469 e. The van der Waals surface area contributed by atoms with Gasteiger partial charge in [0.1, 0.15) is 5.60 Å². The van der Waals surface area contributed by atoms with Crippen LogP contribution >= 0.6 is 0 Å². The van der Waals surface area contributed by atoms with Crippen molar-refractivity contribution in [1.29, 1.82) is 0 Å². The average Bonchev–Trinajstić information content (AvgIpc) is 2.04. The van der Waals surface area contributed by atoms with E-state index >= 15 is 0 Å². The summed E-state index contributed by atoms with van der Waals surface area (Å²) in [4.78, 5) is 23.0. The SMILES string of the molecule is COC(=O)C12CC(NC(=O)OC(C)(C)C)(C1)C2. The molecule has 0 aromatic rings. The van der Waals surface area contributed by atoms with Gasteiger partial charge in [-0.25, -0.2) is 4.79 Å². The minimum Gasteiger partial charge on any atom is -0.469 e. The minimum absolute atomic E-state index is 0.162. The van der Waals surface area contributed by atoms with Gasteiger partial charge in [0.2, 0.25) is 0 Å². The van der Waals surface area contributed by atoms with E-state index in [0.29, 0.717) is 19.3 Å². The monoisotopic (exact) mass is 241 g/mol. The highest BCUT2D eigenvalue weighted by Gasteiger charge is 2.73. The molecule has 0 unspecified atom stereocenters. The van der Waals surface area contributed by atoms with E-state index in [4.69, 9.17) is 9.47 Å². The standard InChI is InChI=1S/C12H19NO4/c1-10(2,3)17-9(15)13-12-5-11(6-12,7-12)8(14)16-4/h5-7H2,1-4H3,(H,13,15). The third kappa shape index (κ3) is 1.98. The Bertz CT molecular complexity index is 349. The summed E-state index contributed by atoms with van der Waals surface area (Å²) in [7, 11) is 1.40. The predicted octanol–water partition coefficient (Wildman–Crippen LogP) is 1.61. The van der Waals surface area contributed by atoms with Crippen molar-refractivity contribution in [3.05, 3.63) is 0 Å². The Morgan fingerprint density at radius 1 is 1.18 bits per heavy atom. The zero-order valence-corrected chi connectivity index (χ0v) is 10.8. The van der Waals surface area contributed by atoms with Crippen molar-refractivity contribution in [3.8, 4) is 0 Å². The fraction of sp³-hybridized carbons (Fsp3) is 0.833. The minimum atomic E-state index is -0.492. The molecule has 0 heterocycles. The summed E-state index contributed by atoms with van der Waals surface area (Å²) in [5, 5.41) is 2.85. The van der Waals surface area contributed by atoms with Crippen LogP contribution in [0.25, 0.3) is 0 Å². The highest BCUT2D eigenvalue weighted by Crippen LogP contribution is 2.67. The molecule has 17 heavy (non-hydrogen) atoms. The molecule has 3 fully saturated rings. The van der Waals surface area contributed by atoms with Crippen molar-refractivity contribution in [3.63, 3.8) is 0 Å². The molecule has 0 radical (unpaired) electrons. The molecule has 96 valence electrons. The van der Waals surface area contributed by atoms with Crippen molar-refractivity contribution in [2.24, 2.45) is 5.41 Å². The smallest absolute Gasteiger partial charge is 0.408 e. The summed E-state index contributed by atoms with van der Waals surface area (Å²) in [6.45, 7) is 5.47. The van der Waals surface area contributed by atoms with E-state index < -0.39 is 11.7 Å². The molecule has 0 aromatic carbocycles. The number of alkyl carbamates (subject to hydrolysis) is 1. The van der Waals surface area contributed by atoms with Gasteiger partial charge in [-0.15, -0.1) is 0 Å². The van der Waals surface area contributed by atoms with Crippen LogP contribution in [0.1, 0.15) is 40.0 Å². The Kier molecular flexibility index (Phi) is 2.42. The van der Waals surface area contributed by atoms with Gasteiger partial charge >= 0.3 is 12.1 Å². The Morgan fingerprint density at radius 2 is 1.71 bits per heavy atom. The molecule has 0 aliphatic heterocycles. The zero-order valence-electron chi connectivity index (χ0n) is 10.8. The molecule has 1 N–H and O–H groups in total. The normalized spacial score (nSPS) is 34.1. The highest BCUT2D eigenvalue weighted by atomic mass is 16.6. The van der Waals surface area contributed by atoms with Gasteiger partial charge in [0.05, 0.1) is 12.5 Å². The molecule has 1 amide bonds. The quantitative estimate of drug-likeness (QED) is 0.746. The van der Waals surface area contributed by atoms with Crippen LogP contribution in [0.3, 0.4) is 0 Å². The van der Waals surface area contributed by atoms with E-state index in [0.717, 1.165) is 0 Å². The van der Waals surface area contributed by atoms with E-state index in [9.17, 15) is 9.59 Å². The van der Waals surface area contributed by atoms with Crippen molar-refractivity contribution in [1.82, 2.24) is 5.32 Å². The maximum Gasteiger partial charge on any atom is 0.408 e. The van der Waals surface area contributed by atoms with Gasteiger partial charge in [0.15, 0.2) is 0 Å². The lowest BCUT2D eigenvalue weighted by molar-refractivity contribution is -0.200. The third-order valence-corrected chi connectivity index (χ3v) is 3.41. The molecule has 5 heteroatoms. The van der Waals surface area contributed by atoms with E-state index in [2.05, 4.69) is 5.32 Å². The third-order valence-electron chi connectivity index (χ3n) is 3.41. The first-order valence-corrected chi connectivity index (χ1v) is 5.80. The first kappa shape index (κ1) is 12.2. The number of ether oxygens (including phenoxy) is 2. The van der Waals surface area contributed by atoms with Gasteiger partial charge < -0.3 is 14.8 Å². The lowest BCUT2D eigenvalue weighted by Crippen LogP contribution is -2.77. The van der Waals surface area contributed by atoms with Crippen LogP contribution in [0, 0.1) is 5.41 Å². The molecule has 3 saturated carbocycles. The number of carbonyl (C=O) groups excluding carboxylic acids is 2. The number of esters is 1. The van der Waals surface area contributed by atoms with E-state index in [-0.39, 0.29) is 16.9 Å². The highest BCUT2D eigenvalue weighted by molar-refractivity contribution is 5.83. The first-order chi connectivity index (χ1) is 7.70. The van der Waals surface area contributed by atoms with Crippen molar-refractivity contribution < 1.29 is 19.1 Å². The van der Waals surface area contributed by atoms with Crippen LogP contribution in [-0.4, -0.2) is 30.3 Å². The van der Waals surface area contributed by atoms with Gasteiger partial charge in [-0.1, -0.05) is 0 Å². The molecule has 3 aliphatic rings. The lowest BCUT2D eigenvalue weighted by atomic mass is 9.39. The maximum absolute atomic E-state index is 11.6. The van der Waals surface area contributed by atoms with Crippen LogP contribution in [0.4, 0.5) is 4.79 Å². The summed E-state index contributed by atoms with van der Waals surface area (Å²) >= 11 is 0. The molecule has 2 bridgehead atoms. The van der Waals surface area contributed by atoms with Crippen molar-refractivity contribution >= 4 is 12.1 Å². The second-order valence-corrected chi connectivity index (χ2v) is 6.21. The van der Waals surface area contributed by atoms with E-state index in [1.165, 1.54) is 7.11 Å². The lowest BCUT2D eigenvalue weighted by Gasteiger charge is -2.67. The Balaban J connectivity index is 1.82. The molecular weight excluding hydrogens is 222 g/mol. The summed E-state index contributed by atoms with van der Waals surface area (Å²) in [5.74, 6) is -0.162. The van der Waals surface area contributed by atoms with Crippen LogP contribution in [-0.2, 0) is 14.3 Å². The van der Waals surface area contributed by atoms with Crippen LogP contribution in [0.15, 0.2) is 0 Å². The molecule has 3 aliphatic carbocycles. The first-order valence-electron chi connectivity index (χ1n) is 5.80. The van der Waals surface area contributed by atoms with E-state index in [1.54, 1.807) is 0 Å². The summed E-state index contributed by atoms with van der Waals surface area (Å²) in [6.07, 6.45) is 1.61. The Morgan fingerprint density at radius 3 is 2.12 bits per heavy atom.